The molecule has 9 heteroatoms. The minimum absolute atomic E-state index is 0.104. The van der Waals surface area contributed by atoms with Crippen LogP contribution in [0.15, 0.2) is 30.3 Å². The van der Waals surface area contributed by atoms with Gasteiger partial charge in [0.1, 0.15) is 18.3 Å². The molecule has 28 heavy (non-hydrogen) atoms. The molecule has 1 aromatic carbocycles. The van der Waals surface area contributed by atoms with E-state index in [2.05, 4.69) is 10.6 Å². The van der Waals surface area contributed by atoms with E-state index < -0.39 is 49.1 Å². The average molecular weight is 396 g/mol. The maximum atomic E-state index is 12.2. The molecule has 5 N–H and O–H groups in total. The molecule has 1 aliphatic rings. The number of aliphatic hydroxyl groups excluding tert-OH is 3. The number of carbonyl (C=O) groups is 2. The number of benzene rings is 1. The van der Waals surface area contributed by atoms with Crippen LogP contribution in [0.3, 0.4) is 0 Å². The molecule has 0 spiro atoms. The summed E-state index contributed by atoms with van der Waals surface area (Å²) in [6.07, 6.45) is -4.91. The first-order chi connectivity index (χ1) is 13.3. The smallest absolute Gasteiger partial charge is 0.408 e. The van der Waals surface area contributed by atoms with Crippen molar-refractivity contribution in [1.29, 1.82) is 0 Å². The number of nitrogens with one attached hydrogen (secondary N) is 2. The van der Waals surface area contributed by atoms with Gasteiger partial charge in [0.05, 0.1) is 19.3 Å². The van der Waals surface area contributed by atoms with Gasteiger partial charge in [-0.25, -0.2) is 4.79 Å². The summed E-state index contributed by atoms with van der Waals surface area (Å²) in [5.41, 5.74) is 1.08. The summed E-state index contributed by atoms with van der Waals surface area (Å²) in [7, 11) is 0. The molecule has 0 bridgehead atoms. The van der Waals surface area contributed by atoms with Gasteiger partial charge in [-0.05, 0) is 25.8 Å². The number of carbonyl (C=O) groups excluding carboxylic acids is 2. The Morgan fingerprint density at radius 3 is 2.54 bits per heavy atom. The highest BCUT2D eigenvalue weighted by Crippen LogP contribution is 2.15. The molecule has 0 saturated carbocycles. The Morgan fingerprint density at radius 2 is 1.89 bits per heavy atom. The normalized spacial score (nSPS) is 26.8. The predicted molar refractivity (Wildman–Crippen MR) is 99.5 cm³/mol. The molecule has 1 heterocycles. The van der Waals surface area contributed by atoms with Crippen LogP contribution in [0, 0.1) is 0 Å². The molecule has 0 unspecified atom stereocenters. The number of hydrogen-bond acceptors (Lipinski definition) is 7. The summed E-state index contributed by atoms with van der Waals surface area (Å²) in [6.45, 7) is 2.74. The summed E-state index contributed by atoms with van der Waals surface area (Å²) in [6, 6.07) is 8.61. The van der Waals surface area contributed by atoms with Crippen LogP contribution in [0.4, 0.5) is 4.79 Å². The Bertz CT molecular complexity index is 642. The average Bonchev–Trinajstić information content (AvgIpc) is 2.66. The molecule has 2 amide bonds. The molecule has 156 valence electrons. The molecule has 1 aliphatic heterocycles. The van der Waals surface area contributed by atoms with Gasteiger partial charge in [-0.3, -0.25) is 4.79 Å². The maximum Gasteiger partial charge on any atom is 0.408 e. The van der Waals surface area contributed by atoms with Crippen molar-refractivity contribution in [2.45, 2.75) is 56.8 Å². The van der Waals surface area contributed by atoms with Crippen molar-refractivity contribution < 1.29 is 34.4 Å². The molecule has 0 radical (unpaired) electrons. The molecule has 0 aromatic heterocycles. The fourth-order valence-corrected chi connectivity index (χ4v) is 2.95. The van der Waals surface area contributed by atoms with Gasteiger partial charge in [-0.1, -0.05) is 30.3 Å². The second kappa shape index (κ2) is 10.4. The SMILES string of the molecule is C[C@@H](Cc1ccccc1)NC(=O)[C@@H](C)OC(=O)N[C@H]1CO[C@H](CO)[C@@H](O)[C@@H]1O. The van der Waals surface area contributed by atoms with Crippen molar-refractivity contribution in [3.8, 4) is 0 Å². The molecule has 6 atom stereocenters. The lowest BCUT2D eigenvalue weighted by molar-refractivity contribution is -0.160. The molecule has 1 aromatic rings. The lowest BCUT2D eigenvalue weighted by Gasteiger charge is -2.36. The highest BCUT2D eigenvalue weighted by molar-refractivity contribution is 5.83. The van der Waals surface area contributed by atoms with E-state index in [0.717, 1.165) is 5.56 Å². The van der Waals surface area contributed by atoms with Crippen molar-refractivity contribution in [3.05, 3.63) is 35.9 Å². The highest BCUT2D eigenvalue weighted by Gasteiger charge is 2.39. The third-order valence-corrected chi connectivity index (χ3v) is 4.54. The third-order valence-electron chi connectivity index (χ3n) is 4.54. The second-order valence-corrected chi connectivity index (χ2v) is 6.93. The van der Waals surface area contributed by atoms with Crippen LogP contribution >= 0.6 is 0 Å². The minimum atomic E-state index is -1.34. The van der Waals surface area contributed by atoms with Crippen molar-refractivity contribution >= 4 is 12.0 Å². The molecule has 2 rings (SSSR count). The fraction of sp³-hybridized carbons (Fsp3) is 0.579. The van der Waals surface area contributed by atoms with Crippen molar-refractivity contribution in [2.24, 2.45) is 0 Å². The quantitative estimate of drug-likeness (QED) is 0.412. The summed E-state index contributed by atoms with van der Waals surface area (Å²) < 4.78 is 10.2. The van der Waals surface area contributed by atoms with E-state index >= 15 is 0 Å². The van der Waals surface area contributed by atoms with Crippen molar-refractivity contribution in [1.82, 2.24) is 10.6 Å². The highest BCUT2D eigenvalue weighted by atomic mass is 16.6. The first-order valence-corrected chi connectivity index (χ1v) is 9.21. The molecular formula is C19H28N2O7. The van der Waals surface area contributed by atoms with Gasteiger partial charge in [0, 0.05) is 6.04 Å². The standard InChI is InChI=1S/C19H28N2O7/c1-11(8-13-6-4-3-5-7-13)20-18(25)12(2)28-19(26)21-14-10-27-15(9-22)17(24)16(14)23/h3-7,11-12,14-17,22-24H,8-10H2,1-2H3,(H,20,25)(H,21,26)/t11-,12+,14-,15+,16+,17+/m0/s1. The predicted octanol–water partition coefficient (Wildman–Crippen LogP) is -0.670. The van der Waals surface area contributed by atoms with E-state index in [-0.39, 0.29) is 12.6 Å². The number of hydrogen-bond donors (Lipinski definition) is 5. The van der Waals surface area contributed by atoms with Crippen LogP contribution in [-0.4, -0.2) is 77.0 Å². The van der Waals surface area contributed by atoms with E-state index in [1.54, 1.807) is 0 Å². The molecule has 1 saturated heterocycles. The zero-order valence-corrected chi connectivity index (χ0v) is 15.9. The first-order valence-electron chi connectivity index (χ1n) is 9.21. The second-order valence-electron chi connectivity index (χ2n) is 6.93. The molecular weight excluding hydrogens is 368 g/mol. The molecule has 1 fully saturated rings. The van der Waals surface area contributed by atoms with Gasteiger partial charge in [-0.2, -0.15) is 0 Å². The Labute approximate surface area is 163 Å². The number of rotatable bonds is 7. The minimum Gasteiger partial charge on any atom is -0.436 e. The largest absolute Gasteiger partial charge is 0.436 e. The summed E-state index contributed by atoms with van der Waals surface area (Å²) in [5.74, 6) is -0.445. The van der Waals surface area contributed by atoms with Crippen LogP contribution in [0.1, 0.15) is 19.4 Å². The maximum absolute atomic E-state index is 12.2. The van der Waals surface area contributed by atoms with Crippen LogP contribution in [-0.2, 0) is 20.7 Å². The third kappa shape index (κ3) is 6.16. The zero-order chi connectivity index (χ0) is 20.7. The Kier molecular flexibility index (Phi) is 8.18. The Morgan fingerprint density at radius 1 is 1.21 bits per heavy atom. The molecule has 9 nitrogen and oxygen atoms in total. The lowest BCUT2D eigenvalue weighted by atomic mass is 9.99. The molecule has 0 aliphatic carbocycles. The van der Waals surface area contributed by atoms with Gasteiger partial charge in [0.25, 0.3) is 5.91 Å². The number of amides is 2. The van der Waals surface area contributed by atoms with Gasteiger partial charge >= 0.3 is 6.09 Å². The Hall–Kier alpha value is -2.20. The fourth-order valence-electron chi connectivity index (χ4n) is 2.95. The monoisotopic (exact) mass is 396 g/mol. The van der Waals surface area contributed by atoms with Crippen LogP contribution in [0.25, 0.3) is 0 Å². The van der Waals surface area contributed by atoms with E-state index in [9.17, 15) is 19.8 Å². The summed E-state index contributed by atoms with van der Waals surface area (Å²) >= 11 is 0. The first kappa shape index (κ1) is 22.1. The van der Waals surface area contributed by atoms with Crippen LogP contribution < -0.4 is 10.6 Å². The number of ether oxygens (including phenoxy) is 2. The van der Waals surface area contributed by atoms with Crippen LogP contribution in [0.5, 0.6) is 0 Å². The lowest BCUT2D eigenvalue weighted by Crippen LogP contribution is -2.60. The zero-order valence-electron chi connectivity index (χ0n) is 15.9. The summed E-state index contributed by atoms with van der Waals surface area (Å²) in [4.78, 5) is 24.2. The van der Waals surface area contributed by atoms with E-state index in [4.69, 9.17) is 14.6 Å². The van der Waals surface area contributed by atoms with E-state index in [0.29, 0.717) is 6.42 Å². The summed E-state index contributed by atoms with van der Waals surface area (Å²) in [5, 5.41) is 34.0. The topological polar surface area (TPSA) is 137 Å². The van der Waals surface area contributed by atoms with E-state index in [1.807, 2.05) is 37.3 Å². The van der Waals surface area contributed by atoms with Crippen molar-refractivity contribution in [2.75, 3.05) is 13.2 Å². The van der Waals surface area contributed by atoms with Gasteiger partial charge in [0.2, 0.25) is 0 Å². The number of alkyl carbamates (subject to hydrolysis) is 1. The Balaban J connectivity index is 1.77. The number of aliphatic hydroxyl groups is 3. The van der Waals surface area contributed by atoms with Gasteiger partial charge < -0.3 is 35.4 Å². The van der Waals surface area contributed by atoms with Crippen molar-refractivity contribution in [3.63, 3.8) is 0 Å². The van der Waals surface area contributed by atoms with Crippen LogP contribution in [0.2, 0.25) is 0 Å². The van der Waals surface area contributed by atoms with E-state index in [1.165, 1.54) is 6.92 Å². The van der Waals surface area contributed by atoms with Gasteiger partial charge in [-0.15, -0.1) is 0 Å². The van der Waals surface area contributed by atoms with Gasteiger partial charge in [0.15, 0.2) is 6.10 Å².